The molecule has 0 saturated heterocycles. The number of hydrogen-bond acceptors (Lipinski definition) is 3. The Morgan fingerprint density at radius 2 is 2.05 bits per heavy atom. The third-order valence-corrected chi connectivity index (χ3v) is 5.16. The number of halogens is 2. The number of benzene rings is 1. The van der Waals surface area contributed by atoms with E-state index >= 15 is 0 Å². The van der Waals surface area contributed by atoms with Crippen LogP contribution in [-0.4, -0.2) is 12.2 Å². The molecule has 2 nitrogen and oxygen atoms in total. The van der Waals surface area contributed by atoms with E-state index < -0.39 is 6.10 Å². The van der Waals surface area contributed by atoms with Gasteiger partial charge in [0, 0.05) is 23.8 Å². The van der Waals surface area contributed by atoms with Gasteiger partial charge in [-0.3, -0.25) is 0 Å². The molecule has 1 aromatic heterocycles. The smallest absolute Gasteiger partial charge is 0.0772 e. The second kappa shape index (κ2) is 6.39. The lowest BCUT2D eigenvalue weighted by atomic mass is 10.1. The van der Waals surface area contributed by atoms with Crippen LogP contribution in [0.3, 0.4) is 0 Å². The number of nitrogens with zero attached hydrogens (tertiary/aromatic N) is 1. The lowest BCUT2D eigenvalue weighted by molar-refractivity contribution is 0.198. The third-order valence-electron chi connectivity index (χ3n) is 2.92. The summed E-state index contributed by atoms with van der Waals surface area (Å²) in [6.45, 7) is 2.63. The Hall–Kier alpha value is -0.360. The number of aliphatic hydroxyl groups excluding tert-OH is 1. The van der Waals surface area contributed by atoms with Crippen molar-refractivity contribution >= 4 is 48.9 Å². The maximum atomic E-state index is 9.62. The van der Waals surface area contributed by atoms with Gasteiger partial charge in [0.1, 0.15) is 0 Å². The average molecular weight is 405 g/mol. The molecule has 2 aromatic rings. The largest absolute Gasteiger partial charge is 0.389 e. The highest BCUT2D eigenvalue weighted by molar-refractivity contribution is 9.11. The standard InChI is InChI=1S/C14H15Br2NOS/c1-9(18)12-4-3-11(6-13(12)15)17(2)7-10-5-14(16)19-8-10/h3-6,8-9,18H,7H2,1-2H3. The highest BCUT2D eigenvalue weighted by atomic mass is 79.9. The van der Waals surface area contributed by atoms with E-state index in [1.807, 2.05) is 18.2 Å². The molecule has 1 aromatic carbocycles. The third kappa shape index (κ3) is 3.81. The molecule has 0 aliphatic heterocycles. The Morgan fingerprint density at radius 3 is 2.58 bits per heavy atom. The minimum Gasteiger partial charge on any atom is -0.389 e. The first-order valence-corrected chi connectivity index (χ1v) is 8.35. The van der Waals surface area contributed by atoms with Gasteiger partial charge < -0.3 is 10.0 Å². The van der Waals surface area contributed by atoms with E-state index in [9.17, 15) is 5.11 Å². The van der Waals surface area contributed by atoms with Crippen LogP contribution in [0.15, 0.2) is 37.9 Å². The minimum atomic E-state index is -0.457. The van der Waals surface area contributed by atoms with Crippen molar-refractivity contribution in [2.75, 3.05) is 11.9 Å². The summed E-state index contributed by atoms with van der Waals surface area (Å²) in [4.78, 5) is 2.19. The molecule has 0 radical (unpaired) electrons. The summed E-state index contributed by atoms with van der Waals surface area (Å²) in [5, 5.41) is 11.8. The van der Waals surface area contributed by atoms with Gasteiger partial charge in [-0.1, -0.05) is 22.0 Å². The van der Waals surface area contributed by atoms with E-state index in [1.54, 1.807) is 18.3 Å². The number of thiophene rings is 1. The predicted octanol–water partition coefficient (Wildman–Crippen LogP) is 4.96. The average Bonchev–Trinajstić information content (AvgIpc) is 2.74. The molecular formula is C14H15Br2NOS. The zero-order chi connectivity index (χ0) is 14.0. The Bertz CT molecular complexity index is 568. The van der Waals surface area contributed by atoms with Crippen molar-refractivity contribution in [1.29, 1.82) is 0 Å². The van der Waals surface area contributed by atoms with Crippen LogP contribution < -0.4 is 4.90 Å². The molecule has 19 heavy (non-hydrogen) atoms. The first-order valence-electron chi connectivity index (χ1n) is 5.89. The van der Waals surface area contributed by atoms with Crippen molar-refractivity contribution in [3.63, 3.8) is 0 Å². The van der Waals surface area contributed by atoms with E-state index in [4.69, 9.17) is 0 Å². The zero-order valence-electron chi connectivity index (χ0n) is 10.7. The van der Waals surface area contributed by atoms with Gasteiger partial charge in [-0.05, 0) is 57.6 Å². The normalized spacial score (nSPS) is 12.5. The number of aliphatic hydroxyl groups is 1. The Morgan fingerprint density at radius 1 is 1.32 bits per heavy atom. The molecule has 1 N–H and O–H groups in total. The molecule has 1 atom stereocenters. The van der Waals surface area contributed by atoms with Crippen molar-refractivity contribution < 1.29 is 5.11 Å². The fourth-order valence-corrected chi connectivity index (χ4v) is 3.78. The van der Waals surface area contributed by atoms with E-state index in [0.29, 0.717) is 0 Å². The predicted molar refractivity (Wildman–Crippen MR) is 88.9 cm³/mol. The van der Waals surface area contributed by atoms with Gasteiger partial charge in [0.25, 0.3) is 0 Å². The topological polar surface area (TPSA) is 23.5 Å². The molecule has 0 aliphatic carbocycles. The molecule has 102 valence electrons. The second-order valence-electron chi connectivity index (χ2n) is 4.50. The summed E-state index contributed by atoms with van der Waals surface area (Å²) < 4.78 is 2.10. The van der Waals surface area contributed by atoms with Crippen LogP contribution in [0.25, 0.3) is 0 Å². The maximum absolute atomic E-state index is 9.62. The molecule has 0 bridgehead atoms. The van der Waals surface area contributed by atoms with Crippen LogP contribution in [0.5, 0.6) is 0 Å². The molecule has 0 amide bonds. The van der Waals surface area contributed by atoms with Crippen molar-refractivity contribution in [3.8, 4) is 0 Å². The van der Waals surface area contributed by atoms with Crippen molar-refractivity contribution in [2.24, 2.45) is 0 Å². The SMILES string of the molecule is CC(O)c1ccc(N(C)Cc2csc(Br)c2)cc1Br. The first-order chi connectivity index (χ1) is 8.97. The molecular weight excluding hydrogens is 390 g/mol. The Labute approximate surface area is 134 Å². The van der Waals surface area contributed by atoms with Crippen LogP contribution >= 0.6 is 43.2 Å². The quantitative estimate of drug-likeness (QED) is 0.777. The minimum absolute atomic E-state index is 0.457. The number of rotatable bonds is 4. The van der Waals surface area contributed by atoms with Crippen molar-refractivity contribution in [3.05, 3.63) is 49.0 Å². The van der Waals surface area contributed by atoms with E-state index in [0.717, 1.165) is 26.1 Å². The Balaban J connectivity index is 2.15. The van der Waals surface area contributed by atoms with Gasteiger partial charge in [0.2, 0.25) is 0 Å². The molecule has 5 heteroatoms. The van der Waals surface area contributed by atoms with Crippen LogP contribution in [0.1, 0.15) is 24.2 Å². The molecule has 0 saturated carbocycles. The van der Waals surface area contributed by atoms with Gasteiger partial charge in [0.05, 0.1) is 9.89 Å². The summed E-state index contributed by atoms with van der Waals surface area (Å²) in [5.41, 5.74) is 3.32. The summed E-state index contributed by atoms with van der Waals surface area (Å²) in [6, 6.07) is 8.18. The fourth-order valence-electron chi connectivity index (χ4n) is 1.89. The maximum Gasteiger partial charge on any atom is 0.0772 e. The Kier molecular flexibility index (Phi) is 5.06. The van der Waals surface area contributed by atoms with Crippen LogP contribution in [0.4, 0.5) is 5.69 Å². The first kappa shape index (κ1) is 15.0. The van der Waals surface area contributed by atoms with Crippen molar-refractivity contribution in [2.45, 2.75) is 19.6 Å². The van der Waals surface area contributed by atoms with Crippen LogP contribution in [0.2, 0.25) is 0 Å². The highest BCUT2D eigenvalue weighted by Crippen LogP contribution is 2.29. The van der Waals surface area contributed by atoms with Gasteiger partial charge in [-0.15, -0.1) is 11.3 Å². The monoisotopic (exact) mass is 403 g/mol. The lowest BCUT2D eigenvalue weighted by Gasteiger charge is -2.20. The number of anilines is 1. The summed E-state index contributed by atoms with van der Waals surface area (Å²) in [5.74, 6) is 0. The summed E-state index contributed by atoms with van der Waals surface area (Å²) >= 11 is 8.69. The zero-order valence-corrected chi connectivity index (χ0v) is 14.7. The molecule has 1 unspecified atom stereocenters. The van der Waals surface area contributed by atoms with Crippen molar-refractivity contribution in [1.82, 2.24) is 0 Å². The lowest BCUT2D eigenvalue weighted by Crippen LogP contribution is -2.16. The van der Waals surface area contributed by atoms with Crippen LogP contribution in [-0.2, 0) is 6.54 Å². The highest BCUT2D eigenvalue weighted by Gasteiger charge is 2.09. The van der Waals surface area contributed by atoms with Gasteiger partial charge in [-0.2, -0.15) is 0 Å². The summed E-state index contributed by atoms with van der Waals surface area (Å²) in [7, 11) is 2.06. The summed E-state index contributed by atoms with van der Waals surface area (Å²) in [6.07, 6.45) is -0.457. The molecule has 2 rings (SSSR count). The van der Waals surface area contributed by atoms with Crippen LogP contribution in [0, 0.1) is 0 Å². The molecule has 1 heterocycles. The van der Waals surface area contributed by atoms with E-state index in [1.165, 1.54) is 5.56 Å². The fraction of sp³-hybridized carbons (Fsp3) is 0.286. The molecule has 0 fully saturated rings. The van der Waals surface area contributed by atoms with Gasteiger partial charge in [-0.25, -0.2) is 0 Å². The van der Waals surface area contributed by atoms with E-state index in [-0.39, 0.29) is 0 Å². The molecule has 0 aliphatic rings. The van der Waals surface area contributed by atoms with E-state index in [2.05, 4.69) is 55.3 Å². The van der Waals surface area contributed by atoms with Gasteiger partial charge in [0.15, 0.2) is 0 Å². The molecule has 0 spiro atoms. The second-order valence-corrected chi connectivity index (χ2v) is 7.64. The number of hydrogen-bond donors (Lipinski definition) is 1. The van der Waals surface area contributed by atoms with Gasteiger partial charge >= 0.3 is 0 Å².